The highest BCUT2D eigenvalue weighted by Gasteiger charge is 2.20. The fourth-order valence-electron chi connectivity index (χ4n) is 2.29. The Labute approximate surface area is 114 Å². The maximum atomic E-state index is 12.1. The minimum atomic E-state index is -0.874. The highest BCUT2D eigenvalue weighted by molar-refractivity contribution is 9.10. The Morgan fingerprint density at radius 1 is 1.28 bits per heavy atom. The van der Waals surface area contributed by atoms with Crippen LogP contribution in [-0.2, 0) is 17.6 Å². The van der Waals surface area contributed by atoms with E-state index < -0.39 is 10.8 Å². The highest BCUT2D eigenvalue weighted by atomic mass is 79.9. The van der Waals surface area contributed by atoms with Gasteiger partial charge in [0.15, 0.2) is 5.78 Å². The summed E-state index contributed by atoms with van der Waals surface area (Å²) in [6.45, 7) is 0. The number of Topliss-reactive ketones (excluding diaryl/α,β-unsaturated/α-hetero) is 1. The number of carbonyl (C=O) groups excluding carboxylic acids is 1. The van der Waals surface area contributed by atoms with Crippen LogP contribution in [0.4, 0.5) is 0 Å². The molecule has 1 unspecified atom stereocenters. The first-order chi connectivity index (χ1) is 8.58. The van der Waals surface area contributed by atoms with Crippen LogP contribution in [0.5, 0.6) is 0 Å². The van der Waals surface area contributed by atoms with Gasteiger partial charge in [0.05, 0.1) is 4.83 Å². The molecule has 1 N–H and O–H groups in total. The van der Waals surface area contributed by atoms with E-state index in [1.807, 2.05) is 18.2 Å². The second kappa shape index (κ2) is 5.65. The number of hydrogen-bond donors (Lipinski definition) is 1. The van der Waals surface area contributed by atoms with Crippen LogP contribution in [0.15, 0.2) is 18.2 Å². The van der Waals surface area contributed by atoms with Gasteiger partial charge >= 0.3 is 5.97 Å². The van der Waals surface area contributed by atoms with Crippen molar-refractivity contribution in [1.82, 2.24) is 0 Å². The number of carboxylic acids is 1. The SMILES string of the molecule is O=C(O)CCC(Br)C(=O)c1ccc2c(c1)CCC2. The molecule has 0 aromatic heterocycles. The summed E-state index contributed by atoms with van der Waals surface area (Å²) in [4.78, 5) is 22.2. The van der Waals surface area contributed by atoms with Crippen LogP contribution in [0.25, 0.3) is 0 Å². The fourth-order valence-corrected chi connectivity index (χ4v) is 2.78. The molecule has 0 bridgehead atoms. The zero-order valence-corrected chi connectivity index (χ0v) is 11.6. The molecule has 0 fully saturated rings. The Balaban J connectivity index is 2.06. The summed E-state index contributed by atoms with van der Waals surface area (Å²) in [6.07, 6.45) is 3.63. The van der Waals surface area contributed by atoms with Gasteiger partial charge in [-0.15, -0.1) is 0 Å². The maximum absolute atomic E-state index is 12.1. The highest BCUT2D eigenvalue weighted by Crippen LogP contribution is 2.24. The molecule has 18 heavy (non-hydrogen) atoms. The van der Waals surface area contributed by atoms with Gasteiger partial charge in [-0.05, 0) is 42.9 Å². The van der Waals surface area contributed by atoms with Gasteiger partial charge < -0.3 is 5.11 Å². The van der Waals surface area contributed by atoms with Crippen molar-refractivity contribution in [1.29, 1.82) is 0 Å². The van der Waals surface area contributed by atoms with Gasteiger partial charge in [-0.2, -0.15) is 0 Å². The average Bonchev–Trinajstić information content (AvgIpc) is 2.81. The fraction of sp³-hybridized carbons (Fsp3) is 0.429. The van der Waals surface area contributed by atoms with Crippen LogP contribution in [-0.4, -0.2) is 21.7 Å². The molecule has 0 radical (unpaired) electrons. The number of fused-ring (bicyclic) bond motifs is 1. The van der Waals surface area contributed by atoms with E-state index >= 15 is 0 Å². The van der Waals surface area contributed by atoms with Crippen molar-refractivity contribution in [3.8, 4) is 0 Å². The van der Waals surface area contributed by atoms with E-state index in [0.29, 0.717) is 12.0 Å². The molecule has 4 heteroatoms. The smallest absolute Gasteiger partial charge is 0.303 e. The predicted molar refractivity (Wildman–Crippen MR) is 72.4 cm³/mol. The van der Waals surface area contributed by atoms with Crippen LogP contribution < -0.4 is 0 Å². The molecule has 0 amide bonds. The number of ketones is 1. The molecule has 0 saturated carbocycles. The minimum Gasteiger partial charge on any atom is -0.481 e. The molecular weight excluding hydrogens is 296 g/mol. The van der Waals surface area contributed by atoms with Gasteiger partial charge in [-0.1, -0.05) is 28.1 Å². The zero-order chi connectivity index (χ0) is 13.1. The Morgan fingerprint density at radius 2 is 2.00 bits per heavy atom. The molecule has 1 aromatic rings. The largest absolute Gasteiger partial charge is 0.481 e. The standard InChI is InChI=1S/C14H15BrO3/c15-12(6-7-13(16)17)14(18)11-5-4-9-2-1-3-10(9)8-11/h4-5,8,12H,1-3,6-7H2,(H,16,17). The summed E-state index contributed by atoms with van der Waals surface area (Å²) in [5.74, 6) is -0.896. The Kier molecular flexibility index (Phi) is 4.17. The third-order valence-electron chi connectivity index (χ3n) is 3.28. The van der Waals surface area contributed by atoms with Crippen LogP contribution in [0.1, 0.15) is 40.7 Å². The molecule has 0 spiro atoms. The number of benzene rings is 1. The van der Waals surface area contributed by atoms with Gasteiger partial charge in [-0.25, -0.2) is 0 Å². The first-order valence-corrected chi connectivity index (χ1v) is 7.01. The number of rotatable bonds is 5. The quantitative estimate of drug-likeness (QED) is 0.672. The topological polar surface area (TPSA) is 54.4 Å². The zero-order valence-electron chi connectivity index (χ0n) is 9.99. The predicted octanol–water partition coefficient (Wildman–Crippen LogP) is 2.99. The third-order valence-corrected chi connectivity index (χ3v) is 4.15. The Bertz CT molecular complexity index is 482. The Hall–Kier alpha value is -1.16. The number of halogens is 1. The number of aliphatic carboxylic acids is 1. The number of carbonyl (C=O) groups is 2. The second-order valence-corrected chi connectivity index (χ2v) is 5.71. The normalized spacial score (nSPS) is 15.2. The summed E-state index contributed by atoms with van der Waals surface area (Å²) in [6, 6.07) is 5.83. The second-order valence-electron chi connectivity index (χ2n) is 4.60. The molecule has 3 nitrogen and oxygen atoms in total. The summed E-state index contributed by atoms with van der Waals surface area (Å²) >= 11 is 3.28. The van der Waals surface area contributed by atoms with Gasteiger partial charge in [0, 0.05) is 12.0 Å². The van der Waals surface area contributed by atoms with Crippen molar-refractivity contribution in [2.45, 2.75) is 36.9 Å². The van der Waals surface area contributed by atoms with Crippen LogP contribution in [0.3, 0.4) is 0 Å². The van der Waals surface area contributed by atoms with Gasteiger partial charge in [-0.3, -0.25) is 9.59 Å². The lowest BCUT2D eigenvalue weighted by Crippen LogP contribution is -2.16. The third kappa shape index (κ3) is 2.99. The van der Waals surface area contributed by atoms with E-state index in [1.165, 1.54) is 11.1 Å². The summed E-state index contributed by atoms with van der Waals surface area (Å²) < 4.78 is 0. The molecule has 1 aliphatic carbocycles. The first kappa shape index (κ1) is 13.3. The maximum Gasteiger partial charge on any atom is 0.303 e. The van der Waals surface area contributed by atoms with E-state index in [1.54, 1.807) is 0 Å². The molecule has 0 saturated heterocycles. The molecule has 0 heterocycles. The van der Waals surface area contributed by atoms with Crippen molar-refractivity contribution >= 4 is 27.7 Å². The van der Waals surface area contributed by atoms with Crippen molar-refractivity contribution in [3.63, 3.8) is 0 Å². The van der Waals surface area contributed by atoms with E-state index in [0.717, 1.165) is 19.3 Å². The lowest BCUT2D eigenvalue weighted by atomic mass is 10.0. The van der Waals surface area contributed by atoms with Crippen molar-refractivity contribution in [3.05, 3.63) is 34.9 Å². The first-order valence-electron chi connectivity index (χ1n) is 6.10. The van der Waals surface area contributed by atoms with E-state index in [9.17, 15) is 9.59 Å². The van der Waals surface area contributed by atoms with Crippen LogP contribution in [0.2, 0.25) is 0 Å². The van der Waals surface area contributed by atoms with Crippen LogP contribution in [0, 0.1) is 0 Å². The average molecular weight is 311 g/mol. The molecular formula is C14H15BrO3. The molecule has 1 atom stereocenters. The summed E-state index contributed by atoms with van der Waals surface area (Å²) in [5.41, 5.74) is 3.28. The summed E-state index contributed by atoms with van der Waals surface area (Å²) in [5, 5.41) is 8.61. The summed E-state index contributed by atoms with van der Waals surface area (Å²) in [7, 11) is 0. The lowest BCUT2D eigenvalue weighted by Gasteiger charge is -2.09. The molecule has 96 valence electrons. The van der Waals surface area contributed by atoms with Gasteiger partial charge in [0.1, 0.15) is 0 Å². The van der Waals surface area contributed by atoms with Crippen LogP contribution >= 0.6 is 15.9 Å². The molecule has 1 aliphatic rings. The number of carboxylic acid groups (broad SMARTS) is 1. The molecule has 0 aliphatic heterocycles. The number of alkyl halides is 1. The monoisotopic (exact) mass is 310 g/mol. The van der Waals surface area contributed by atoms with Crippen molar-refractivity contribution in [2.75, 3.05) is 0 Å². The van der Waals surface area contributed by atoms with E-state index in [4.69, 9.17) is 5.11 Å². The van der Waals surface area contributed by atoms with Crippen molar-refractivity contribution < 1.29 is 14.7 Å². The van der Waals surface area contributed by atoms with E-state index in [2.05, 4.69) is 15.9 Å². The number of hydrogen-bond acceptors (Lipinski definition) is 2. The minimum absolute atomic E-state index is 0.00655. The molecule has 1 aromatic carbocycles. The van der Waals surface area contributed by atoms with Gasteiger partial charge in [0.25, 0.3) is 0 Å². The number of aryl methyl sites for hydroxylation is 2. The Morgan fingerprint density at radius 3 is 2.72 bits per heavy atom. The van der Waals surface area contributed by atoms with E-state index in [-0.39, 0.29) is 12.2 Å². The van der Waals surface area contributed by atoms with Gasteiger partial charge in [0.2, 0.25) is 0 Å². The lowest BCUT2D eigenvalue weighted by molar-refractivity contribution is -0.137. The van der Waals surface area contributed by atoms with Crippen molar-refractivity contribution in [2.24, 2.45) is 0 Å². The molecule has 2 rings (SSSR count).